The molecule has 2 aromatic rings. The summed E-state index contributed by atoms with van der Waals surface area (Å²) in [4.78, 5) is 11.6. The molecule has 1 atom stereocenters. The van der Waals surface area contributed by atoms with Crippen molar-refractivity contribution >= 4 is 38.5 Å². The lowest BCUT2D eigenvalue weighted by molar-refractivity contribution is 0.599. The van der Waals surface area contributed by atoms with Gasteiger partial charge >= 0.3 is 0 Å². The number of hydrogen-bond acceptors (Lipinski definition) is 6. The highest BCUT2D eigenvalue weighted by molar-refractivity contribution is 7.91. The number of nitrogens with one attached hydrogen (secondary N) is 2. The number of aryl methyl sites for hydroxylation is 1. The molecule has 0 spiro atoms. The van der Waals surface area contributed by atoms with Crippen LogP contribution in [0.1, 0.15) is 23.2 Å². The first-order chi connectivity index (χ1) is 12.4. The molecular formula is C17H24N4O2S3. The van der Waals surface area contributed by atoms with Gasteiger partial charge in [0.1, 0.15) is 0 Å². The first-order valence-corrected chi connectivity index (χ1v) is 12.2. The third-order valence-electron chi connectivity index (χ3n) is 4.08. The van der Waals surface area contributed by atoms with Crippen LogP contribution in [0.5, 0.6) is 0 Å². The lowest BCUT2D eigenvalue weighted by atomic mass is 10.3. The highest BCUT2D eigenvalue weighted by atomic mass is 32.2. The second-order valence-corrected chi connectivity index (χ2v) is 10.7. The second kappa shape index (κ2) is 8.49. The van der Waals surface area contributed by atoms with Crippen LogP contribution in [-0.4, -0.2) is 50.0 Å². The summed E-state index contributed by atoms with van der Waals surface area (Å²) >= 11 is 3.42. The Hall–Kier alpha value is -1.45. The van der Waals surface area contributed by atoms with E-state index in [0.29, 0.717) is 18.9 Å². The fourth-order valence-corrected chi connectivity index (χ4v) is 6.14. The number of guanidine groups is 1. The molecule has 6 nitrogen and oxygen atoms in total. The lowest BCUT2D eigenvalue weighted by Gasteiger charge is -2.15. The van der Waals surface area contributed by atoms with E-state index in [1.54, 1.807) is 22.7 Å². The molecular weight excluding hydrogens is 388 g/mol. The van der Waals surface area contributed by atoms with Crippen molar-refractivity contribution in [2.45, 2.75) is 32.7 Å². The van der Waals surface area contributed by atoms with Gasteiger partial charge in [-0.25, -0.2) is 13.4 Å². The minimum absolute atomic E-state index is 0.0426. The molecule has 1 saturated heterocycles. The van der Waals surface area contributed by atoms with Crippen molar-refractivity contribution in [3.63, 3.8) is 0 Å². The third kappa shape index (κ3) is 5.28. The monoisotopic (exact) mass is 412 g/mol. The molecule has 0 aliphatic carbocycles. The van der Waals surface area contributed by atoms with E-state index in [2.05, 4.69) is 38.1 Å². The molecule has 1 aliphatic heterocycles. The van der Waals surface area contributed by atoms with Gasteiger partial charge in [0.05, 0.1) is 27.1 Å². The quantitative estimate of drug-likeness (QED) is 0.562. The molecule has 0 aromatic carbocycles. The first-order valence-electron chi connectivity index (χ1n) is 8.71. The molecule has 2 aromatic heterocycles. The standard InChI is InChI=1S/C17H24N4O2S3/c1-3-18-17(21-13-7-9-26(22,23)11-13)19-8-6-14-4-5-16(25-14)15-10-24-12(2)20-15/h4-5,10,13H,3,6-9,11H2,1-2H3,(H2,18,19,21). The number of aliphatic imine (C=N–C) groups is 1. The summed E-state index contributed by atoms with van der Waals surface area (Å²) in [6.45, 7) is 5.43. The van der Waals surface area contributed by atoms with E-state index in [9.17, 15) is 8.42 Å². The maximum Gasteiger partial charge on any atom is 0.191 e. The molecule has 0 radical (unpaired) electrons. The SMILES string of the molecule is CCNC(=NCCc1ccc(-c2csc(C)n2)s1)NC1CCS(=O)(=O)C1. The molecule has 0 amide bonds. The molecule has 3 heterocycles. The van der Waals surface area contributed by atoms with Gasteiger partial charge in [0, 0.05) is 35.8 Å². The molecule has 142 valence electrons. The van der Waals surface area contributed by atoms with Crippen LogP contribution >= 0.6 is 22.7 Å². The topological polar surface area (TPSA) is 83.4 Å². The Morgan fingerprint density at radius 3 is 2.92 bits per heavy atom. The Morgan fingerprint density at radius 2 is 2.27 bits per heavy atom. The summed E-state index contributed by atoms with van der Waals surface area (Å²) in [6.07, 6.45) is 1.50. The lowest BCUT2D eigenvalue weighted by Crippen LogP contribution is -2.44. The van der Waals surface area contributed by atoms with Crippen LogP contribution in [-0.2, 0) is 16.3 Å². The molecule has 1 fully saturated rings. The summed E-state index contributed by atoms with van der Waals surface area (Å²) in [6, 6.07) is 4.21. The maximum atomic E-state index is 11.6. The largest absolute Gasteiger partial charge is 0.357 e. The number of thiophene rings is 1. The summed E-state index contributed by atoms with van der Waals surface area (Å²) < 4.78 is 23.2. The fourth-order valence-electron chi connectivity index (χ4n) is 2.83. The van der Waals surface area contributed by atoms with Gasteiger partial charge in [-0.15, -0.1) is 22.7 Å². The molecule has 1 aliphatic rings. The van der Waals surface area contributed by atoms with Gasteiger partial charge < -0.3 is 10.6 Å². The van der Waals surface area contributed by atoms with Crippen LogP contribution in [0, 0.1) is 6.92 Å². The number of sulfone groups is 1. The molecule has 0 bridgehead atoms. The van der Waals surface area contributed by atoms with Gasteiger partial charge in [0.2, 0.25) is 0 Å². The van der Waals surface area contributed by atoms with Crippen molar-refractivity contribution in [1.82, 2.24) is 15.6 Å². The Bertz CT molecular complexity index is 870. The molecule has 26 heavy (non-hydrogen) atoms. The summed E-state index contributed by atoms with van der Waals surface area (Å²) in [5, 5.41) is 9.61. The van der Waals surface area contributed by atoms with Crippen molar-refractivity contribution in [3.8, 4) is 10.6 Å². The van der Waals surface area contributed by atoms with E-state index in [0.717, 1.165) is 23.7 Å². The highest BCUT2D eigenvalue weighted by Crippen LogP contribution is 2.29. The van der Waals surface area contributed by atoms with Gasteiger partial charge in [0.15, 0.2) is 15.8 Å². The minimum Gasteiger partial charge on any atom is -0.357 e. The van der Waals surface area contributed by atoms with Crippen LogP contribution < -0.4 is 10.6 Å². The number of aromatic nitrogens is 1. The molecule has 9 heteroatoms. The van der Waals surface area contributed by atoms with Crippen molar-refractivity contribution < 1.29 is 8.42 Å². The van der Waals surface area contributed by atoms with E-state index >= 15 is 0 Å². The second-order valence-electron chi connectivity index (χ2n) is 6.27. The normalized spacial score (nSPS) is 19.6. The van der Waals surface area contributed by atoms with Crippen LogP contribution in [0.3, 0.4) is 0 Å². The van der Waals surface area contributed by atoms with Crippen molar-refractivity contribution in [1.29, 1.82) is 0 Å². The van der Waals surface area contributed by atoms with Crippen LogP contribution in [0.15, 0.2) is 22.5 Å². The zero-order valence-corrected chi connectivity index (χ0v) is 17.4. The van der Waals surface area contributed by atoms with Crippen molar-refractivity contribution in [2.75, 3.05) is 24.6 Å². The van der Waals surface area contributed by atoms with Crippen molar-refractivity contribution in [3.05, 3.63) is 27.4 Å². The Balaban J connectivity index is 1.56. The zero-order chi connectivity index (χ0) is 18.6. The Morgan fingerprint density at radius 1 is 1.42 bits per heavy atom. The van der Waals surface area contributed by atoms with E-state index in [1.165, 1.54) is 9.75 Å². The summed E-state index contributed by atoms with van der Waals surface area (Å²) in [5.74, 6) is 1.15. The van der Waals surface area contributed by atoms with Gasteiger partial charge in [-0.05, 0) is 32.4 Å². The average Bonchev–Trinajstić information content (AvgIpc) is 3.28. The predicted octanol–water partition coefficient (Wildman–Crippen LogP) is 2.46. The van der Waals surface area contributed by atoms with Gasteiger partial charge in [0.25, 0.3) is 0 Å². The van der Waals surface area contributed by atoms with Crippen molar-refractivity contribution in [2.24, 2.45) is 4.99 Å². The van der Waals surface area contributed by atoms with Crippen LogP contribution in [0.4, 0.5) is 0 Å². The molecule has 0 saturated carbocycles. The predicted molar refractivity (Wildman–Crippen MR) is 110 cm³/mol. The summed E-state index contributed by atoms with van der Waals surface area (Å²) in [7, 11) is -2.89. The number of rotatable bonds is 6. The minimum atomic E-state index is -2.89. The highest BCUT2D eigenvalue weighted by Gasteiger charge is 2.28. The molecule has 3 rings (SSSR count). The van der Waals surface area contributed by atoms with Gasteiger partial charge in [-0.2, -0.15) is 0 Å². The number of hydrogen-bond donors (Lipinski definition) is 2. The Kier molecular flexibility index (Phi) is 6.31. The number of thiazole rings is 1. The number of nitrogens with zero attached hydrogens (tertiary/aromatic N) is 2. The van der Waals surface area contributed by atoms with Gasteiger partial charge in [-0.3, -0.25) is 4.99 Å². The zero-order valence-electron chi connectivity index (χ0n) is 15.0. The molecule has 2 N–H and O–H groups in total. The average molecular weight is 413 g/mol. The third-order valence-corrected chi connectivity index (χ3v) is 7.79. The smallest absolute Gasteiger partial charge is 0.191 e. The Labute approximate surface area is 162 Å². The fraction of sp³-hybridized carbons (Fsp3) is 0.529. The van der Waals surface area contributed by atoms with E-state index in [4.69, 9.17) is 0 Å². The van der Waals surface area contributed by atoms with Crippen LogP contribution in [0.25, 0.3) is 10.6 Å². The molecule has 1 unspecified atom stereocenters. The van der Waals surface area contributed by atoms with Gasteiger partial charge in [-0.1, -0.05) is 0 Å². The first kappa shape index (κ1) is 19.3. The summed E-state index contributed by atoms with van der Waals surface area (Å²) in [5.41, 5.74) is 1.05. The van der Waals surface area contributed by atoms with Crippen LogP contribution in [0.2, 0.25) is 0 Å². The van der Waals surface area contributed by atoms with E-state index in [1.807, 2.05) is 13.8 Å². The maximum absolute atomic E-state index is 11.6. The van der Waals surface area contributed by atoms with E-state index < -0.39 is 9.84 Å². The van der Waals surface area contributed by atoms with E-state index in [-0.39, 0.29) is 17.5 Å².